The van der Waals surface area contributed by atoms with Gasteiger partial charge in [-0.15, -0.1) is 0 Å². The monoisotopic (exact) mass is 287 g/mol. The molecule has 2 aromatic rings. The Labute approximate surface area is 127 Å². The molecule has 0 amide bonds. The van der Waals surface area contributed by atoms with Crippen LogP contribution in [0.2, 0.25) is 0 Å². The van der Waals surface area contributed by atoms with Crippen molar-refractivity contribution < 1.29 is 4.74 Å². The minimum atomic E-state index is 0.640. The Morgan fingerprint density at radius 2 is 2.05 bits per heavy atom. The molecular weight excluding hydrogens is 262 g/mol. The number of aromatic nitrogens is 2. The van der Waals surface area contributed by atoms with Crippen LogP contribution in [-0.4, -0.2) is 22.9 Å². The minimum absolute atomic E-state index is 0.640. The summed E-state index contributed by atoms with van der Waals surface area (Å²) in [6, 6.07) is 8.09. The van der Waals surface area contributed by atoms with Crippen molar-refractivity contribution in [2.75, 3.05) is 13.2 Å². The Morgan fingerprint density at radius 1 is 1.29 bits per heavy atom. The maximum Gasteiger partial charge on any atom is 0.128 e. The predicted molar refractivity (Wildman–Crippen MR) is 86.4 cm³/mol. The van der Waals surface area contributed by atoms with Gasteiger partial charge in [-0.3, -0.25) is 4.68 Å². The molecule has 114 valence electrons. The van der Waals surface area contributed by atoms with Gasteiger partial charge in [0.25, 0.3) is 0 Å². The van der Waals surface area contributed by atoms with Gasteiger partial charge >= 0.3 is 0 Å². The lowest BCUT2D eigenvalue weighted by Gasteiger charge is -2.11. The molecule has 0 aliphatic heterocycles. The Kier molecular flexibility index (Phi) is 5.39. The Hall–Kier alpha value is -1.81. The Bertz CT molecular complexity index is 575. The van der Waals surface area contributed by atoms with Crippen molar-refractivity contribution in [3.63, 3.8) is 0 Å². The molecule has 0 spiro atoms. The topological polar surface area (TPSA) is 39.1 Å². The first-order valence-electron chi connectivity index (χ1n) is 7.57. The number of rotatable bonds is 7. The zero-order valence-corrected chi connectivity index (χ0v) is 13.4. The van der Waals surface area contributed by atoms with E-state index in [1.54, 1.807) is 0 Å². The number of ether oxygens (including phenoxy) is 1. The lowest BCUT2D eigenvalue weighted by atomic mass is 10.1. The Balaban J connectivity index is 2.27. The highest BCUT2D eigenvalue weighted by molar-refractivity contribution is 5.69. The second kappa shape index (κ2) is 7.27. The van der Waals surface area contributed by atoms with Crippen molar-refractivity contribution in [1.29, 1.82) is 0 Å². The van der Waals surface area contributed by atoms with E-state index in [1.807, 2.05) is 36.9 Å². The summed E-state index contributed by atoms with van der Waals surface area (Å²) in [7, 11) is 1.96. The van der Waals surface area contributed by atoms with Crippen LogP contribution < -0.4 is 10.1 Å². The zero-order chi connectivity index (χ0) is 15.2. The normalized spacial score (nSPS) is 11.1. The molecule has 0 bridgehead atoms. The summed E-state index contributed by atoms with van der Waals surface area (Å²) in [4.78, 5) is 0. The third kappa shape index (κ3) is 4.08. The van der Waals surface area contributed by atoms with E-state index in [1.165, 1.54) is 5.56 Å². The summed E-state index contributed by atoms with van der Waals surface area (Å²) >= 11 is 0. The highest BCUT2D eigenvalue weighted by atomic mass is 16.5. The highest BCUT2D eigenvalue weighted by Crippen LogP contribution is 2.31. The number of hydrogen-bond donors (Lipinski definition) is 1. The average Bonchev–Trinajstić information content (AvgIpc) is 2.80. The van der Waals surface area contributed by atoms with Crippen LogP contribution in [0.15, 0.2) is 30.5 Å². The molecule has 21 heavy (non-hydrogen) atoms. The molecule has 0 aliphatic rings. The molecule has 1 heterocycles. The van der Waals surface area contributed by atoms with Crippen molar-refractivity contribution in [1.82, 2.24) is 15.1 Å². The summed E-state index contributed by atoms with van der Waals surface area (Å²) in [5.41, 5.74) is 3.25. The van der Waals surface area contributed by atoms with E-state index >= 15 is 0 Å². The van der Waals surface area contributed by atoms with Gasteiger partial charge in [0.15, 0.2) is 0 Å². The van der Waals surface area contributed by atoms with Gasteiger partial charge in [0, 0.05) is 30.9 Å². The van der Waals surface area contributed by atoms with E-state index in [0.29, 0.717) is 12.5 Å². The van der Waals surface area contributed by atoms with Crippen LogP contribution in [-0.2, 0) is 13.6 Å². The molecule has 1 N–H and O–H groups in total. The van der Waals surface area contributed by atoms with Crippen molar-refractivity contribution in [3.8, 4) is 17.0 Å². The van der Waals surface area contributed by atoms with E-state index in [4.69, 9.17) is 4.74 Å². The second-order valence-corrected chi connectivity index (χ2v) is 5.63. The van der Waals surface area contributed by atoms with Crippen LogP contribution in [0.5, 0.6) is 5.75 Å². The smallest absolute Gasteiger partial charge is 0.128 e. The van der Waals surface area contributed by atoms with Crippen molar-refractivity contribution in [2.24, 2.45) is 13.0 Å². The van der Waals surface area contributed by atoms with Crippen LogP contribution in [0.3, 0.4) is 0 Å². The van der Waals surface area contributed by atoms with Crippen molar-refractivity contribution in [3.05, 3.63) is 36.0 Å². The fraction of sp³-hybridized carbons (Fsp3) is 0.471. The fourth-order valence-corrected chi connectivity index (χ4v) is 2.33. The van der Waals surface area contributed by atoms with Crippen molar-refractivity contribution in [2.45, 2.75) is 27.3 Å². The maximum absolute atomic E-state index is 5.73. The van der Waals surface area contributed by atoms with Gasteiger partial charge in [-0.05, 0) is 31.5 Å². The van der Waals surface area contributed by atoms with Gasteiger partial charge in [0.1, 0.15) is 11.4 Å². The van der Waals surface area contributed by atoms with Crippen LogP contribution in [0, 0.1) is 5.92 Å². The molecule has 0 saturated heterocycles. The SMILES string of the molecule is CCOc1ccccc1-c1nn(C)cc1CNCC(C)C. The summed E-state index contributed by atoms with van der Waals surface area (Å²) in [6.07, 6.45) is 2.07. The largest absolute Gasteiger partial charge is 0.493 e. The van der Waals surface area contributed by atoms with E-state index in [-0.39, 0.29) is 0 Å². The van der Waals surface area contributed by atoms with Gasteiger partial charge in [-0.2, -0.15) is 5.10 Å². The number of para-hydroxylation sites is 1. The summed E-state index contributed by atoms with van der Waals surface area (Å²) in [6.45, 7) is 8.90. The molecule has 2 rings (SSSR count). The standard InChI is InChI=1S/C17H25N3O/c1-5-21-16-9-7-6-8-15(16)17-14(12-20(4)19-17)11-18-10-13(2)3/h6-9,12-13,18H,5,10-11H2,1-4H3. The first-order valence-corrected chi connectivity index (χ1v) is 7.57. The molecular formula is C17H25N3O. The number of nitrogens with one attached hydrogen (secondary N) is 1. The number of benzene rings is 1. The molecule has 0 atom stereocenters. The van der Waals surface area contributed by atoms with Gasteiger partial charge in [0.2, 0.25) is 0 Å². The quantitative estimate of drug-likeness (QED) is 0.850. The molecule has 0 fully saturated rings. The summed E-state index contributed by atoms with van der Waals surface area (Å²) < 4.78 is 7.59. The van der Waals surface area contributed by atoms with E-state index in [0.717, 1.165) is 30.1 Å². The second-order valence-electron chi connectivity index (χ2n) is 5.63. The molecule has 0 radical (unpaired) electrons. The molecule has 4 heteroatoms. The number of aryl methyl sites for hydroxylation is 1. The third-order valence-corrected chi connectivity index (χ3v) is 3.21. The van der Waals surface area contributed by atoms with Crippen LogP contribution in [0.4, 0.5) is 0 Å². The molecule has 0 unspecified atom stereocenters. The highest BCUT2D eigenvalue weighted by Gasteiger charge is 2.14. The Morgan fingerprint density at radius 3 is 2.76 bits per heavy atom. The van der Waals surface area contributed by atoms with Gasteiger partial charge in [0.05, 0.1) is 6.61 Å². The van der Waals surface area contributed by atoms with Crippen LogP contribution in [0.25, 0.3) is 11.3 Å². The average molecular weight is 287 g/mol. The molecule has 0 aliphatic carbocycles. The van der Waals surface area contributed by atoms with Crippen LogP contribution in [0.1, 0.15) is 26.3 Å². The predicted octanol–water partition coefficient (Wildman–Crippen LogP) is 3.23. The molecule has 1 aromatic carbocycles. The van der Waals surface area contributed by atoms with E-state index < -0.39 is 0 Å². The first-order chi connectivity index (χ1) is 10.1. The summed E-state index contributed by atoms with van der Waals surface area (Å²) in [5, 5.41) is 8.10. The fourth-order valence-electron chi connectivity index (χ4n) is 2.33. The van der Waals surface area contributed by atoms with E-state index in [2.05, 4.69) is 36.5 Å². The molecule has 0 saturated carbocycles. The van der Waals surface area contributed by atoms with Gasteiger partial charge < -0.3 is 10.1 Å². The van der Waals surface area contributed by atoms with Gasteiger partial charge in [-0.1, -0.05) is 26.0 Å². The van der Waals surface area contributed by atoms with E-state index in [9.17, 15) is 0 Å². The zero-order valence-electron chi connectivity index (χ0n) is 13.4. The van der Waals surface area contributed by atoms with Crippen molar-refractivity contribution >= 4 is 0 Å². The van der Waals surface area contributed by atoms with Crippen LogP contribution >= 0.6 is 0 Å². The number of nitrogens with zero attached hydrogens (tertiary/aromatic N) is 2. The maximum atomic E-state index is 5.73. The minimum Gasteiger partial charge on any atom is -0.493 e. The third-order valence-electron chi connectivity index (χ3n) is 3.21. The number of hydrogen-bond acceptors (Lipinski definition) is 3. The van der Waals surface area contributed by atoms with Gasteiger partial charge in [-0.25, -0.2) is 0 Å². The summed E-state index contributed by atoms with van der Waals surface area (Å²) in [5.74, 6) is 1.53. The molecule has 4 nitrogen and oxygen atoms in total. The lowest BCUT2D eigenvalue weighted by molar-refractivity contribution is 0.341. The first kappa shape index (κ1) is 15.6. The lowest BCUT2D eigenvalue weighted by Crippen LogP contribution is -2.19. The molecule has 1 aromatic heterocycles.